The van der Waals surface area contributed by atoms with E-state index in [9.17, 15) is 4.79 Å². The lowest BCUT2D eigenvalue weighted by Gasteiger charge is -2.04. The number of H-pyrrole nitrogens is 1. The molecule has 1 aromatic carbocycles. The van der Waals surface area contributed by atoms with Crippen molar-refractivity contribution in [1.82, 2.24) is 9.97 Å². The maximum absolute atomic E-state index is 11.3. The quantitative estimate of drug-likeness (QED) is 0.681. The van der Waals surface area contributed by atoms with Crippen LogP contribution in [0.4, 0.5) is 0 Å². The Bertz CT molecular complexity index is 509. The zero-order valence-electron chi connectivity index (χ0n) is 8.53. The van der Waals surface area contributed by atoms with Crippen LogP contribution in [0.25, 0.3) is 11.4 Å². The van der Waals surface area contributed by atoms with E-state index in [4.69, 9.17) is 0 Å². The minimum absolute atomic E-state index is 0.330. The van der Waals surface area contributed by atoms with Crippen molar-refractivity contribution in [2.45, 2.75) is 0 Å². The number of rotatable bonds is 2. The average molecular weight is 328 g/mol. The third-order valence-corrected chi connectivity index (χ3v) is 3.04. The molecule has 0 saturated carbocycles. The fourth-order valence-electron chi connectivity index (χ4n) is 1.36. The van der Waals surface area contributed by atoms with Gasteiger partial charge in [-0.15, -0.1) is 0 Å². The van der Waals surface area contributed by atoms with Crippen LogP contribution in [-0.4, -0.2) is 23.0 Å². The molecule has 0 aliphatic rings. The Kier molecular flexibility index (Phi) is 3.23. The number of ether oxygens (including phenoxy) is 1. The molecule has 0 aliphatic carbocycles. The molecule has 0 spiro atoms. The molecule has 5 heteroatoms. The van der Waals surface area contributed by atoms with Crippen LogP contribution in [0.1, 0.15) is 10.4 Å². The first-order chi connectivity index (χ1) is 7.72. The summed E-state index contributed by atoms with van der Waals surface area (Å²) in [5, 5.41) is 0. The normalized spacial score (nSPS) is 10.1. The number of carbonyl (C=O) groups excluding carboxylic acids is 1. The van der Waals surface area contributed by atoms with E-state index in [1.54, 1.807) is 24.5 Å². The standard InChI is InChI=1S/C11H9IN2O2/c1-16-11(15)7-2-3-8(9(12)6-7)10-13-4-5-14-10/h2-6H,1H3,(H,13,14). The number of aromatic amines is 1. The van der Waals surface area contributed by atoms with Gasteiger partial charge >= 0.3 is 5.97 Å². The average Bonchev–Trinajstić information content (AvgIpc) is 2.81. The number of carbonyl (C=O) groups is 1. The van der Waals surface area contributed by atoms with Crippen LogP contribution in [0.3, 0.4) is 0 Å². The third kappa shape index (κ3) is 2.08. The number of nitrogens with one attached hydrogen (secondary N) is 1. The molecule has 1 aromatic heterocycles. The van der Waals surface area contributed by atoms with E-state index in [-0.39, 0.29) is 5.97 Å². The molecule has 4 nitrogen and oxygen atoms in total. The summed E-state index contributed by atoms with van der Waals surface area (Å²) >= 11 is 2.17. The molecule has 0 aliphatic heterocycles. The van der Waals surface area contributed by atoms with Crippen molar-refractivity contribution in [3.8, 4) is 11.4 Å². The van der Waals surface area contributed by atoms with E-state index < -0.39 is 0 Å². The van der Waals surface area contributed by atoms with E-state index in [1.165, 1.54) is 7.11 Å². The summed E-state index contributed by atoms with van der Waals surface area (Å²) < 4.78 is 5.61. The molecular formula is C11H9IN2O2. The van der Waals surface area contributed by atoms with Crippen molar-refractivity contribution < 1.29 is 9.53 Å². The molecule has 0 unspecified atom stereocenters. The zero-order chi connectivity index (χ0) is 11.5. The zero-order valence-corrected chi connectivity index (χ0v) is 10.7. The van der Waals surface area contributed by atoms with Gasteiger partial charge in [0.15, 0.2) is 0 Å². The Morgan fingerprint density at radius 3 is 2.88 bits per heavy atom. The molecule has 2 rings (SSSR count). The summed E-state index contributed by atoms with van der Waals surface area (Å²) in [6.07, 6.45) is 3.46. The van der Waals surface area contributed by atoms with E-state index in [0.717, 1.165) is 15.0 Å². The number of benzene rings is 1. The molecule has 0 radical (unpaired) electrons. The lowest BCUT2D eigenvalue weighted by Crippen LogP contribution is -2.01. The minimum Gasteiger partial charge on any atom is -0.465 e. The first-order valence-electron chi connectivity index (χ1n) is 4.60. The van der Waals surface area contributed by atoms with Gasteiger partial charge in [0.25, 0.3) is 0 Å². The number of imidazole rings is 1. The highest BCUT2D eigenvalue weighted by Crippen LogP contribution is 2.23. The van der Waals surface area contributed by atoms with Crippen molar-refractivity contribution in [1.29, 1.82) is 0 Å². The van der Waals surface area contributed by atoms with Gasteiger partial charge in [0, 0.05) is 21.5 Å². The smallest absolute Gasteiger partial charge is 0.337 e. The van der Waals surface area contributed by atoms with Crippen LogP contribution in [0.2, 0.25) is 0 Å². The van der Waals surface area contributed by atoms with Gasteiger partial charge in [0.05, 0.1) is 12.7 Å². The molecule has 0 saturated heterocycles. The number of hydrogen-bond acceptors (Lipinski definition) is 3. The van der Waals surface area contributed by atoms with Gasteiger partial charge in [0.2, 0.25) is 0 Å². The molecule has 0 bridgehead atoms. The van der Waals surface area contributed by atoms with Crippen LogP contribution in [-0.2, 0) is 4.74 Å². The Balaban J connectivity index is 2.41. The second-order valence-electron chi connectivity index (χ2n) is 3.12. The van der Waals surface area contributed by atoms with E-state index in [2.05, 4.69) is 37.3 Å². The molecule has 0 fully saturated rings. The summed E-state index contributed by atoms with van der Waals surface area (Å²) in [5.74, 6) is 0.463. The first-order valence-corrected chi connectivity index (χ1v) is 5.68. The van der Waals surface area contributed by atoms with Crippen molar-refractivity contribution >= 4 is 28.6 Å². The van der Waals surface area contributed by atoms with Gasteiger partial charge in [0.1, 0.15) is 5.82 Å². The Labute approximate surface area is 106 Å². The molecule has 16 heavy (non-hydrogen) atoms. The summed E-state index contributed by atoms with van der Waals surface area (Å²) in [6.45, 7) is 0. The highest BCUT2D eigenvalue weighted by Gasteiger charge is 2.10. The predicted octanol–water partition coefficient (Wildman–Crippen LogP) is 2.47. The highest BCUT2D eigenvalue weighted by atomic mass is 127. The molecule has 0 atom stereocenters. The molecule has 1 N–H and O–H groups in total. The Morgan fingerprint density at radius 1 is 1.50 bits per heavy atom. The van der Waals surface area contributed by atoms with Crippen LogP contribution < -0.4 is 0 Å². The lowest BCUT2D eigenvalue weighted by atomic mass is 10.1. The minimum atomic E-state index is -0.330. The van der Waals surface area contributed by atoms with Crippen LogP contribution in [0.15, 0.2) is 30.6 Å². The van der Waals surface area contributed by atoms with E-state index in [0.29, 0.717) is 5.56 Å². The number of aromatic nitrogens is 2. The number of hydrogen-bond donors (Lipinski definition) is 1. The highest BCUT2D eigenvalue weighted by molar-refractivity contribution is 14.1. The Hall–Kier alpha value is -1.37. The molecule has 1 heterocycles. The van der Waals surface area contributed by atoms with E-state index in [1.807, 2.05) is 6.07 Å². The maximum atomic E-state index is 11.3. The summed E-state index contributed by atoms with van der Waals surface area (Å²) in [6, 6.07) is 5.36. The van der Waals surface area contributed by atoms with Crippen molar-refractivity contribution in [3.05, 3.63) is 39.7 Å². The summed E-state index contributed by atoms with van der Waals surface area (Å²) in [5.41, 5.74) is 1.51. The van der Waals surface area contributed by atoms with Gasteiger partial charge in [-0.25, -0.2) is 9.78 Å². The van der Waals surface area contributed by atoms with Gasteiger partial charge < -0.3 is 9.72 Å². The van der Waals surface area contributed by atoms with Crippen LogP contribution >= 0.6 is 22.6 Å². The van der Waals surface area contributed by atoms with Gasteiger partial charge in [-0.2, -0.15) is 0 Å². The van der Waals surface area contributed by atoms with Gasteiger partial charge in [-0.3, -0.25) is 0 Å². The van der Waals surface area contributed by atoms with Crippen molar-refractivity contribution in [2.75, 3.05) is 7.11 Å². The molecule has 2 aromatic rings. The fourth-order valence-corrected chi connectivity index (χ4v) is 2.14. The molecule has 82 valence electrons. The second-order valence-corrected chi connectivity index (χ2v) is 4.29. The predicted molar refractivity (Wildman–Crippen MR) is 68.1 cm³/mol. The largest absolute Gasteiger partial charge is 0.465 e. The lowest BCUT2D eigenvalue weighted by molar-refractivity contribution is 0.0600. The molecule has 0 amide bonds. The maximum Gasteiger partial charge on any atom is 0.337 e. The van der Waals surface area contributed by atoms with E-state index >= 15 is 0 Å². The SMILES string of the molecule is COC(=O)c1ccc(-c2ncc[nH]2)c(I)c1. The number of halogens is 1. The van der Waals surface area contributed by atoms with Crippen molar-refractivity contribution in [3.63, 3.8) is 0 Å². The first kappa shape index (κ1) is 11.1. The second kappa shape index (κ2) is 4.65. The molecular weight excluding hydrogens is 319 g/mol. The van der Waals surface area contributed by atoms with Gasteiger partial charge in [-0.1, -0.05) is 0 Å². The van der Waals surface area contributed by atoms with Crippen LogP contribution in [0, 0.1) is 3.57 Å². The van der Waals surface area contributed by atoms with Crippen LogP contribution in [0.5, 0.6) is 0 Å². The fraction of sp³-hybridized carbons (Fsp3) is 0.0909. The number of nitrogens with zero attached hydrogens (tertiary/aromatic N) is 1. The van der Waals surface area contributed by atoms with Gasteiger partial charge in [-0.05, 0) is 40.8 Å². The summed E-state index contributed by atoms with van der Waals surface area (Å²) in [7, 11) is 1.37. The number of methoxy groups -OCH3 is 1. The number of esters is 1. The third-order valence-electron chi connectivity index (χ3n) is 2.14. The van der Waals surface area contributed by atoms with Crippen molar-refractivity contribution in [2.24, 2.45) is 0 Å². The monoisotopic (exact) mass is 328 g/mol. The Morgan fingerprint density at radius 2 is 2.31 bits per heavy atom. The summed E-state index contributed by atoms with van der Waals surface area (Å²) in [4.78, 5) is 18.5. The topological polar surface area (TPSA) is 55.0 Å².